The smallest absolute Gasteiger partial charge is 0.307 e. The largest absolute Gasteiger partial charge is 0.481 e. The normalized spacial score (nSPS) is 15.0. The summed E-state index contributed by atoms with van der Waals surface area (Å²) in [6.07, 6.45) is 0.633. The number of unbranched alkanes of at least 4 members (excludes halogenated alkanes) is 1. The number of carboxylic acids is 2. The molecule has 0 bridgehead atoms. The summed E-state index contributed by atoms with van der Waals surface area (Å²) in [5, 5.41) is 17.7. The molecule has 1 rings (SSSR count). The summed E-state index contributed by atoms with van der Waals surface area (Å²) in [6.45, 7) is 0. The first-order valence-electron chi connectivity index (χ1n) is 7.09. The van der Waals surface area contributed by atoms with Gasteiger partial charge in [0.15, 0.2) is 0 Å². The number of aliphatic carboxylic acids is 2. The first-order valence-corrected chi connectivity index (χ1v) is 9.12. The zero-order valence-electron chi connectivity index (χ0n) is 12.2. The SMILES string of the molecule is O=C(O)CCCCC(CP(=O)(O)Cc1ccccc1)C(=O)O. The summed E-state index contributed by atoms with van der Waals surface area (Å²) in [6, 6.07) is 8.77. The van der Waals surface area contributed by atoms with Gasteiger partial charge in [-0.3, -0.25) is 14.2 Å². The van der Waals surface area contributed by atoms with Gasteiger partial charge in [0.2, 0.25) is 7.37 Å². The van der Waals surface area contributed by atoms with Crippen LogP contribution in [0.3, 0.4) is 0 Å². The molecule has 0 aliphatic heterocycles. The van der Waals surface area contributed by atoms with Crippen molar-refractivity contribution in [1.29, 1.82) is 0 Å². The van der Waals surface area contributed by atoms with E-state index in [4.69, 9.17) is 10.2 Å². The number of hydrogen-bond donors (Lipinski definition) is 3. The number of rotatable bonds is 10. The summed E-state index contributed by atoms with van der Waals surface area (Å²) in [7, 11) is -3.59. The maximum absolute atomic E-state index is 12.2. The highest BCUT2D eigenvalue weighted by Gasteiger charge is 2.28. The average Bonchev–Trinajstić information content (AvgIpc) is 2.42. The van der Waals surface area contributed by atoms with Gasteiger partial charge in [0.05, 0.1) is 5.92 Å². The van der Waals surface area contributed by atoms with E-state index in [1.807, 2.05) is 0 Å². The molecule has 122 valence electrons. The fourth-order valence-electron chi connectivity index (χ4n) is 2.24. The average molecular weight is 328 g/mol. The van der Waals surface area contributed by atoms with Crippen LogP contribution in [0.2, 0.25) is 0 Å². The fraction of sp³-hybridized carbons (Fsp3) is 0.467. The Bertz CT molecular complexity index is 542. The van der Waals surface area contributed by atoms with Crippen molar-refractivity contribution in [3.05, 3.63) is 35.9 Å². The molecule has 0 saturated heterocycles. The van der Waals surface area contributed by atoms with Crippen molar-refractivity contribution in [1.82, 2.24) is 0 Å². The third kappa shape index (κ3) is 7.38. The molecule has 6 nitrogen and oxygen atoms in total. The Kier molecular flexibility index (Phi) is 7.28. The standard InChI is InChI=1S/C15H21O6P/c16-14(17)9-5-4-8-13(15(18)19)11-22(20,21)10-12-6-2-1-3-7-12/h1-3,6-7,13H,4-5,8-11H2,(H,16,17)(H,18,19)(H,20,21). The Labute approximate surface area is 129 Å². The molecule has 0 saturated carbocycles. The van der Waals surface area contributed by atoms with Crippen molar-refractivity contribution in [2.45, 2.75) is 31.8 Å². The van der Waals surface area contributed by atoms with Crippen LogP contribution < -0.4 is 0 Å². The van der Waals surface area contributed by atoms with E-state index in [1.54, 1.807) is 30.3 Å². The van der Waals surface area contributed by atoms with Gasteiger partial charge in [0.25, 0.3) is 0 Å². The molecule has 0 amide bonds. The van der Waals surface area contributed by atoms with Gasteiger partial charge in [-0.15, -0.1) is 0 Å². The van der Waals surface area contributed by atoms with Crippen LogP contribution in [0.5, 0.6) is 0 Å². The van der Waals surface area contributed by atoms with E-state index in [-0.39, 0.29) is 25.2 Å². The van der Waals surface area contributed by atoms with E-state index in [1.165, 1.54) is 0 Å². The van der Waals surface area contributed by atoms with Crippen molar-refractivity contribution in [3.8, 4) is 0 Å². The van der Waals surface area contributed by atoms with Gasteiger partial charge in [-0.2, -0.15) is 0 Å². The Morgan fingerprint density at radius 3 is 2.27 bits per heavy atom. The molecule has 0 aromatic heterocycles. The first kappa shape index (κ1) is 18.4. The van der Waals surface area contributed by atoms with Crippen LogP contribution in [-0.4, -0.2) is 33.2 Å². The maximum Gasteiger partial charge on any atom is 0.307 e. The van der Waals surface area contributed by atoms with Crippen LogP contribution in [0.1, 0.15) is 31.2 Å². The third-order valence-electron chi connectivity index (χ3n) is 3.32. The number of benzene rings is 1. The second kappa shape index (κ2) is 8.71. The maximum atomic E-state index is 12.2. The predicted octanol–water partition coefficient (Wildman–Crippen LogP) is 2.80. The van der Waals surface area contributed by atoms with Crippen LogP contribution in [0.25, 0.3) is 0 Å². The minimum Gasteiger partial charge on any atom is -0.481 e. The van der Waals surface area contributed by atoms with E-state index in [0.29, 0.717) is 18.4 Å². The minimum absolute atomic E-state index is 0.0207. The second-order valence-corrected chi connectivity index (χ2v) is 7.72. The lowest BCUT2D eigenvalue weighted by atomic mass is 10.0. The third-order valence-corrected chi connectivity index (χ3v) is 5.19. The molecule has 0 fully saturated rings. The van der Waals surface area contributed by atoms with Gasteiger partial charge in [0, 0.05) is 18.7 Å². The molecule has 3 N–H and O–H groups in total. The van der Waals surface area contributed by atoms with Crippen molar-refractivity contribution in [2.24, 2.45) is 5.92 Å². The molecular weight excluding hydrogens is 307 g/mol. The van der Waals surface area contributed by atoms with Gasteiger partial charge >= 0.3 is 11.9 Å². The first-order chi connectivity index (χ1) is 10.3. The fourth-order valence-corrected chi connectivity index (χ4v) is 4.18. The van der Waals surface area contributed by atoms with Crippen LogP contribution in [0.15, 0.2) is 30.3 Å². The summed E-state index contributed by atoms with van der Waals surface area (Å²) in [4.78, 5) is 31.6. The highest BCUT2D eigenvalue weighted by atomic mass is 31.2. The van der Waals surface area contributed by atoms with Gasteiger partial charge in [-0.1, -0.05) is 36.8 Å². The minimum atomic E-state index is -3.59. The molecule has 22 heavy (non-hydrogen) atoms. The molecule has 0 heterocycles. The molecule has 2 unspecified atom stereocenters. The summed E-state index contributed by atoms with van der Waals surface area (Å²) in [5.74, 6) is -2.96. The highest BCUT2D eigenvalue weighted by molar-refractivity contribution is 7.57. The molecule has 0 aliphatic carbocycles. The number of carbonyl (C=O) groups is 2. The topological polar surface area (TPSA) is 112 Å². The lowest BCUT2D eigenvalue weighted by Crippen LogP contribution is -2.18. The molecular formula is C15H21O6P. The van der Waals surface area contributed by atoms with Gasteiger partial charge in [-0.25, -0.2) is 0 Å². The van der Waals surface area contributed by atoms with Crippen LogP contribution in [0, 0.1) is 5.92 Å². The van der Waals surface area contributed by atoms with E-state index in [0.717, 1.165) is 0 Å². The Morgan fingerprint density at radius 1 is 1.09 bits per heavy atom. The Morgan fingerprint density at radius 2 is 1.73 bits per heavy atom. The van der Waals surface area contributed by atoms with Gasteiger partial charge in [0.1, 0.15) is 0 Å². The highest BCUT2D eigenvalue weighted by Crippen LogP contribution is 2.46. The van der Waals surface area contributed by atoms with E-state index < -0.39 is 25.2 Å². The molecule has 2 atom stereocenters. The van der Waals surface area contributed by atoms with Crippen LogP contribution in [0.4, 0.5) is 0 Å². The molecule has 0 aliphatic rings. The quantitative estimate of drug-likeness (QED) is 0.450. The zero-order chi connectivity index (χ0) is 16.6. The van der Waals surface area contributed by atoms with Crippen molar-refractivity contribution >= 4 is 19.3 Å². The molecule has 1 aromatic rings. The predicted molar refractivity (Wildman–Crippen MR) is 82.1 cm³/mol. The molecule has 1 aromatic carbocycles. The Hall–Kier alpha value is -1.65. The summed E-state index contributed by atoms with van der Waals surface area (Å²) < 4.78 is 12.2. The molecule has 0 spiro atoms. The zero-order valence-corrected chi connectivity index (χ0v) is 13.1. The van der Waals surface area contributed by atoms with E-state index >= 15 is 0 Å². The number of carboxylic acid groups (broad SMARTS) is 2. The van der Waals surface area contributed by atoms with E-state index in [9.17, 15) is 19.0 Å². The monoisotopic (exact) mass is 328 g/mol. The van der Waals surface area contributed by atoms with Crippen LogP contribution in [-0.2, 0) is 20.3 Å². The summed E-state index contributed by atoms with van der Waals surface area (Å²) in [5.41, 5.74) is 0.698. The van der Waals surface area contributed by atoms with Crippen molar-refractivity contribution < 1.29 is 29.3 Å². The summed E-state index contributed by atoms with van der Waals surface area (Å²) >= 11 is 0. The molecule has 7 heteroatoms. The van der Waals surface area contributed by atoms with E-state index in [2.05, 4.69) is 0 Å². The van der Waals surface area contributed by atoms with Gasteiger partial charge < -0.3 is 15.1 Å². The number of hydrogen-bond acceptors (Lipinski definition) is 3. The molecule has 0 radical (unpaired) electrons. The lowest BCUT2D eigenvalue weighted by Gasteiger charge is -2.17. The second-order valence-electron chi connectivity index (χ2n) is 5.35. The van der Waals surface area contributed by atoms with Gasteiger partial charge in [-0.05, 0) is 18.4 Å². The van der Waals surface area contributed by atoms with Crippen LogP contribution >= 0.6 is 7.37 Å². The van der Waals surface area contributed by atoms with Crippen molar-refractivity contribution in [2.75, 3.05) is 6.16 Å². The lowest BCUT2D eigenvalue weighted by molar-refractivity contribution is -0.141. The van der Waals surface area contributed by atoms with Crippen molar-refractivity contribution in [3.63, 3.8) is 0 Å². The Balaban J connectivity index is 2.55.